The lowest BCUT2D eigenvalue weighted by Crippen LogP contribution is -2.52. The van der Waals surface area contributed by atoms with Crippen molar-refractivity contribution < 1.29 is 32.3 Å². The predicted octanol–water partition coefficient (Wildman–Crippen LogP) is 4.57. The van der Waals surface area contributed by atoms with E-state index in [9.17, 15) is 27.2 Å². The van der Waals surface area contributed by atoms with Crippen LogP contribution in [0.15, 0.2) is 47.6 Å². The number of alkyl halides is 4. The molecular weight excluding hydrogens is 428 g/mol. The van der Waals surface area contributed by atoms with E-state index < -0.39 is 36.0 Å². The minimum Gasteiger partial charge on any atom is -0.478 e. The maximum atomic E-state index is 14.1. The molecule has 0 bridgehead atoms. The Hall–Kier alpha value is -2.68. The second kappa shape index (κ2) is 9.85. The van der Waals surface area contributed by atoms with E-state index in [1.807, 2.05) is 4.90 Å². The standard InChI is InChI=1S/C23H26F4N2O3/c1-14(16-4-6-17(7-5-16)22(31)32)28-21(30)20-12-19(24)10-11-29(20)13-15-2-8-18(9-3-15)23(25,26)27/h2,4-8,14,19-20H,3,9-13H2,1H3,(H,28,30)(H,31,32)/t14-,19?,20?/m0/s1. The molecule has 3 atom stereocenters. The third-order valence-electron chi connectivity index (χ3n) is 5.97. The van der Waals surface area contributed by atoms with Gasteiger partial charge in [-0.3, -0.25) is 9.69 Å². The lowest BCUT2D eigenvalue weighted by atomic mass is 9.94. The van der Waals surface area contributed by atoms with Crippen LogP contribution in [0.2, 0.25) is 0 Å². The number of carbonyl (C=O) groups excluding carboxylic acids is 1. The summed E-state index contributed by atoms with van der Waals surface area (Å²) in [6, 6.07) is 4.98. The molecule has 1 aliphatic heterocycles. The van der Waals surface area contributed by atoms with Crippen molar-refractivity contribution in [3.05, 3.63) is 58.7 Å². The molecule has 2 unspecified atom stereocenters. The molecule has 0 aromatic heterocycles. The fourth-order valence-corrected chi connectivity index (χ4v) is 4.05. The van der Waals surface area contributed by atoms with Crippen molar-refractivity contribution in [2.45, 2.75) is 57.0 Å². The molecule has 1 heterocycles. The fourth-order valence-electron chi connectivity index (χ4n) is 4.05. The van der Waals surface area contributed by atoms with Gasteiger partial charge >= 0.3 is 12.1 Å². The highest BCUT2D eigenvalue weighted by atomic mass is 19.4. The van der Waals surface area contributed by atoms with Gasteiger partial charge in [-0.15, -0.1) is 0 Å². The highest BCUT2D eigenvalue weighted by molar-refractivity contribution is 5.87. The van der Waals surface area contributed by atoms with E-state index >= 15 is 0 Å². The molecule has 1 aromatic carbocycles. The number of amides is 1. The van der Waals surface area contributed by atoms with Gasteiger partial charge in [0.1, 0.15) is 6.17 Å². The number of piperidine rings is 1. The van der Waals surface area contributed by atoms with Crippen molar-refractivity contribution in [3.8, 4) is 0 Å². The first-order valence-corrected chi connectivity index (χ1v) is 10.5. The summed E-state index contributed by atoms with van der Waals surface area (Å²) in [5, 5.41) is 11.9. The lowest BCUT2D eigenvalue weighted by Gasteiger charge is -2.37. The smallest absolute Gasteiger partial charge is 0.412 e. The summed E-state index contributed by atoms with van der Waals surface area (Å²) in [4.78, 5) is 25.8. The molecule has 3 rings (SSSR count). The number of carbonyl (C=O) groups is 2. The summed E-state index contributed by atoms with van der Waals surface area (Å²) in [6.45, 7) is 2.41. The van der Waals surface area contributed by atoms with Crippen LogP contribution in [-0.2, 0) is 4.79 Å². The highest BCUT2D eigenvalue weighted by Gasteiger charge is 2.36. The Morgan fingerprint density at radius 2 is 1.88 bits per heavy atom. The third-order valence-corrected chi connectivity index (χ3v) is 5.97. The number of nitrogens with zero attached hydrogens (tertiary/aromatic N) is 1. The zero-order valence-electron chi connectivity index (χ0n) is 17.7. The number of hydrogen-bond acceptors (Lipinski definition) is 3. The van der Waals surface area contributed by atoms with Gasteiger partial charge in [0, 0.05) is 25.1 Å². The van der Waals surface area contributed by atoms with E-state index in [0.717, 1.165) is 11.6 Å². The van der Waals surface area contributed by atoms with Gasteiger partial charge in [0.15, 0.2) is 0 Å². The van der Waals surface area contributed by atoms with Crippen LogP contribution in [0.5, 0.6) is 0 Å². The zero-order valence-corrected chi connectivity index (χ0v) is 17.7. The first-order chi connectivity index (χ1) is 15.0. The monoisotopic (exact) mass is 454 g/mol. The molecule has 1 aliphatic carbocycles. The number of hydrogen-bond donors (Lipinski definition) is 2. The summed E-state index contributed by atoms with van der Waals surface area (Å²) >= 11 is 0. The Balaban J connectivity index is 1.67. The number of benzene rings is 1. The largest absolute Gasteiger partial charge is 0.478 e. The van der Waals surface area contributed by atoms with E-state index in [-0.39, 0.29) is 37.2 Å². The van der Waals surface area contributed by atoms with Gasteiger partial charge in [-0.2, -0.15) is 13.2 Å². The number of carboxylic acid groups (broad SMARTS) is 1. The number of nitrogens with one attached hydrogen (secondary N) is 1. The van der Waals surface area contributed by atoms with Crippen LogP contribution in [0.25, 0.3) is 0 Å². The summed E-state index contributed by atoms with van der Waals surface area (Å²) < 4.78 is 52.6. The van der Waals surface area contributed by atoms with Gasteiger partial charge in [-0.05, 0) is 43.9 Å². The molecular formula is C23H26F4N2O3. The number of rotatable bonds is 6. The molecule has 174 valence electrons. The van der Waals surface area contributed by atoms with E-state index in [1.54, 1.807) is 19.1 Å². The molecule has 5 nitrogen and oxygen atoms in total. The topological polar surface area (TPSA) is 69.6 Å². The molecule has 1 amide bonds. The second-order valence-corrected chi connectivity index (χ2v) is 8.28. The highest BCUT2D eigenvalue weighted by Crippen LogP contribution is 2.33. The van der Waals surface area contributed by atoms with E-state index in [1.165, 1.54) is 18.2 Å². The van der Waals surface area contributed by atoms with Crippen LogP contribution in [0.3, 0.4) is 0 Å². The number of likely N-dealkylation sites (tertiary alicyclic amines) is 1. The summed E-state index contributed by atoms with van der Waals surface area (Å²) in [5.74, 6) is -1.40. The van der Waals surface area contributed by atoms with E-state index in [0.29, 0.717) is 18.7 Å². The maximum absolute atomic E-state index is 14.1. The second-order valence-electron chi connectivity index (χ2n) is 8.28. The van der Waals surface area contributed by atoms with Gasteiger partial charge in [0.25, 0.3) is 0 Å². The van der Waals surface area contributed by atoms with Crippen molar-refractivity contribution in [1.82, 2.24) is 10.2 Å². The molecule has 1 aromatic rings. The lowest BCUT2D eigenvalue weighted by molar-refractivity contribution is -0.129. The first-order valence-electron chi connectivity index (χ1n) is 10.5. The van der Waals surface area contributed by atoms with Crippen molar-refractivity contribution in [2.75, 3.05) is 13.1 Å². The van der Waals surface area contributed by atoms with Crippen molar-refractivity contribution in [2.24, 2.45) is 0 Å². The van der Waals surface area contributed by atoms with Crippen LogP contribution in [0.4, 0.5) is 17.6 Å². The van der Waals surface area contributed by atoms with E-state index in [4.69, 9.17) is 5.11 Å². The van der Waals surface area contributed by atoms with Gasteiger partial charge in [0.05, 0.1) is 17.6 Å². The Morgan fingerprint density at radius 1 is 1.19 bits per heavy atom. The van der Waals surface area contributed by atoms with Crippen LogP contribution >= 0.6 is 0 Å². The van der Waals surface area contributed by atoms with Crippen molar-refractivity contribution >= 4 is 11.9 Å². The molecule has 2 N–H and O–H groups in total. The summed E-state index contributed by atoms with van der Waals surface area (Å²) in [7, 11) is 0. The third kappa shape index (κ3) is 5.97. The van der Waals surface area contributed by atoms with E-state index in [2.05, 4.69) is 5.32 Å². The van der Waals surface area contributed by atoms with Crippen molar-refractivity contribution in [3.63, 3.8) is 0 Å². The first kappa shape index (κ1) is 24.0. The minimum atomic E-state index is -4.34. The maximum Gasteiger partial charge on any atom is 0.412 e. The molecule has 2 aliphatic rings. The molecule has 1 fully saturated rings. The van der Waals surface area contributed by atoms with Crippen LogP contribution in [0, 0.1) is 0 Å². The average molecular weight is 454 g/mol. The number of aromatic carboxylic acids is 1. The number of allylic oxidation sites excluding steroid dienone is 3. The average Bonchev–Trinajstić information content (AvgIpc) is 2.74. The van der Waals surface area contributed by atoms with Crippen LogP contribution in [0.1, 0.15) is 54.6 Å². The van der Waals surface area contributed by atoms with Crippen LogP contribution in [-0.4, -0.2) is 53.4 Å². The van der Waals surface area contributed by atoms with Gasteiger partial charge in [-0.1, -0.05) is 29.9 Å². The quantitative estimate of drug-likeness (QED) is 0.618. The molecule has 0 radical (unpaired) electrons. The fraction of sp³-hybridized carbons (Fsp3) is 0.478. The molecule has 32 heavy (non-hydrogen) atoms. The summed E-state index contributed by atoms with van der Waals surface area (Å²) in [5.41, 5.74) is 1.06. The molecule has 9 heteroatoms. The summed E-state index contributed by atoms with van der Waals surface area (Å²) in [6.07, 6.45) is -2.48. The zero-order chi connectivity index (χ0) is 23.5. The van der Waals surface area contributed by atoms with Gasteiger partial charge in [-0.25, -0.2) is 9.18 Å². The predicted molar refractivity (Wildman–Crippen MR) is 111 cm³/mol. The van der Waals surface area contributed by atoms with Gasteiger partial charge < -0.3 is 10.4 Å². The Morgan fingerprint density at radius 3 is 2.44 bits per heavy atom. The molecule has 0 spiro atoms. The minimum absolute atomic E-state index is 0.0213. The molecule has 0 saturated carbocycles. The Kier molecular flexibility index (Phi) is 7.38. The molecule has 1 saturated heterocycles. The Labute approximate surface area is 183 Å². The normalized spacial score (nSPS) is 23.2. The van der Waals surface area contributed by atoms with Crippen LogP contribution < -0.4 is 5.32 Å². The number of carboxylic acids is 1. The SMILES string of the molecule is C[C@H](NC(=O)C1CC(F)CCN1CC1=CC=C(C(F)(F)F)CC1)c1ccc(C(=O)O)cc1. The number of halogens is 4. The Bertz CT molecular complexity index is 909. The van der Waals surface area contributed by atoms with Gasteiger partial charge in [0.2, 0.25) is 5.91 Å². The van der Waals surface area contributed by atoms with Crippen molar-refractivity contribution in [1.29, 1.82) is 0 Å².